The number of anilines is 3. The first-order chi connectivity index (χ1) is 43.5. The number of carbonyl (C=O) groups is 4. The SMILES string of the molecule is CC1(C)OB(c2ccc(N)nc2)OC1(C)C.CN1N=C(C(=O)O)CCC1=O.[C-]#[N+]c1cc(C)cc(F)c1.[C-]#[N+]c1cc(F)cc(CBr)c1.[C-]#[N+]c1cc(F)cc(Cc2ccc(N)nc2)c1.[C-]#[N+]c1cc(F)cc(Cc2ccc(NC(=O)C3=NN(C)C(=O)CC3)nc2)c1. The highest BCUT2D eigenvalue weighted by Crippen LogP contribution is 2.36. The Labute approximate surface area is 538 Å². The number of hydrogen-bond acceptors (Lipinski definition) is 13. The molecule has 0 unspecified atom stereocenters. The van der Waals surface area contributed by atoms with Gasteiger partial charge in [-0.15, -0.1) is 0 Å². The van der Waals surface area contributed by atoms with E-state index < -0.39 is 23.5 Å². The van der Waals surface area contributed by atoms with Crippen molar-refractivity contribution in [3.63, 3.8) is 0 Å². The quantitative estimate of drug-likeness (QED) is 0.0455. The topological polar surface area (TPSA) is 258 Å². The Morgan fingerprint density at radius 3 is 1.40 bits per heavy atom. The molecule has 472 valence electrons. The molecule has 21 nitrogen and oxygen atoms in total. The number of rotatable bonds is 9. The molecule has 3 aromatic heterocycles. The molecule has 0 spiro atoms. The van der Waals surface area contributed by atoms with Crippen LogP contribution in [0.25, 0.3) is 19.4 Å². The van der Waals surface area contributed by atoms with E-state index in [-0.39, 0.29) is 84.6 Å². The van der Waals surface area contributed by atoms with Gasteiger partial charge in [-0.25, -0.2) is 66.7 Å². The molecule has 6 N–H and O–H groups in total. The number of carbonyl (C=O) groups excluding carboxylic acids is 3. The molecule has 0 aliphatic carbocycles. The predicted molar refractivity (Wildman–Crippen MR) is 346 cm³/mol. The third kappa shape index (κ3) is 22.7. The number of hydrogen-bond donors (Lipinski definition) is 4. The standard InChI is InChI=1S/C19H16FN5O2.C13H10FN3.C11H17BN2O2.C8H5BrFN.C8H6FN.C6H8N2O3/c1-21-15-9-13(8-14(20)10-15)7-12-3-5-17(22-11-12)23-19(27)16-4-6-18(26)25(2)24-16;1-16-12-6-10(5-11(14)7-12)4-9-2-3-13(15)17-8-9;1-10(2)11(3,4)16-12(15-10)8-5-6-9(13)14-7-8;1-11-8-3-6(5-9)2-7(10)4-8;1-6-3-7(9)5-8(4-6)10-2;1-8-5(9)3-2-4(7-8)6(10)11/h3,5,8-11H,4,6-7H2,2H3,(H,22,23,27);2-3,5-8H,4H2,(H2,15,17);5-7H,1-4H3,(H2,13,14);2-4H,5H2;3-5H,1H3;2-3H2,1H3,(H,10,11). The molecular formula is C65H62BBrF4N14O7. The van der Waals surface area contributed by atoms with Crippen LogP contribution in [0.4, 0.5) is 57.8 Å². The maximum Gasteiger partial charge on any atom is 0.496 e. The molecule has 0 saturated carbocycles. The molecule has 6 heterocycles. The Balaban J connectivity index is 0.000000209. The number of carboxylic acids is 1. The fourth-order valence-corrected chi connectivity index (χ4v) is 8.48. The Morgan fingerprint density at radius 1 is 0.587 bits per heavy atom. The molecule has 1 fully saturated rings. The minimum atomic E-state index is -1.05. The summed E-state index contributed by atoms with van der Waals surface area (Å²) in [5.74, 6) is -1.96. The van der Waals surface area contributed by atoms with Crippen molar-refractivity contribution in [2.45, 2.75) is 89.7 Å². The van der Waals surface area contributed by atoms with Gasteiger partial charge in [-0.1, -0.05) is 75.1 Å². The van der Waals surface area contributed by atoms with Crippen molar-refractivity contribution in [3.05, 3.63) is 230 Å². The van der Waals surface area contributed by atoms with E-state index in [0.29, 0.717) is 58.3 Å². The molecule has 7 aromatic rings. The smallest absolute Gasteiger partial charge is 0.477 e. The van der Waals surface area contributed by atoms with Crippen molar-refractivity contribution in [2.75, 3.05) is 30.9 Å². The highest BCUT2D eigenvalue weighted by atomic mass is 79.9. The second-order valence-electron chi connectivity index (χ2n) is 21.3. The zero-order chi connectivity index (χ0) is 67.9. The van der Waals surface area contributed by atoms with Crippen molar-refractivity contribution >= 4 is 104 Å². The molecule has 3 amide bonds. The largest absolute Gasteiger partial charge is 0.496 e. The van der Waals surface area contributed by atoms with Crippen molar-refractivity contribution in [3.8, 4) is 0 Å². The van der Waals surface area contributed by atoms with Gasteiger partial charge >= 0.3 is 13.1 Å². The number of hydrazone groups is 2. The van der Waals surface area contributed by atoms with E-state index in [1.807, 2.05) is 39.8 Å². The molecule has 3 aliphatic rings. The van der Waals surface area contributed by atoms with Gasteiger partial charge in [-0.3, -0.25) is 14.4 Å². The number of nitrogens with two attached hydrogens (primary N) is 2. The number of aryl methyl sites for hydroxylation is 1. The van der Waals surface area contributed by atoms with E-state index in [0.717, 1.165) is 43.3 Å². The number of aromatic nitrogens is 3. The highest BCUT2D eigenvalue weighted by molar-refractivity contribution is 9.08. The van der Waals surface area contributed by atoms with Crippen LogP contribution in [0.15, 0.2) is 138 Å². The molecule has 0 bridgehead atoms. The van der Waals surface area contributed by atoms with Gasteiger partial charge in [0.05, 0.1) is 37.5 Å². The Kier molecular flexibility index (Phi) is 26.4. The Bertz CT molecular complexity index is 4000. The van der Waals surface area contributed by atoms with Crippen LogP contribution in [0, 0.1) is 56.5 Å². The summed E-state index contributed by atoms with van der Waals surface area (Å²) in [7, 11) is 2.59. The van der Waals surface area contributed by atoms with E-state index in [2.05, 4.69) is 65.8 Å². The number of halogens is 5. The zero-order valence-corrected chi connectivity index (χ0v) is 52.6. The van der Waals surface area contributed by atoms with Crippen LogP contribution in [0.2, 0.25) is 0 Å². The zero-order valence-electron chi connectivity index (χ0n) is 51.0. The number of aliphatic carboxylic acids is 1. The number of nitrogens with zero attached hydrogens (tertiary/aromatic N) is 11. The molecule has 1 saturated heterocycles. The number of nitrogen functional groups attached to an aromatic ring is 2. The van der Waals surface area contributed by atoms with E-state index >= 15 is 0 Å². The van der Waals surface area contributed by atoms with Crippen LogP contribution in [0.1, 0.15) is 86.8 Å². The molecule has 92 heavy (non-hydrogen) atoms. The number of carboxylic acid groups (broad SMARTS) is 1. The summed E-state index contributed by atoms with van der Waals surface area (Å²) < 4.78 is 63.6. The lowest BCUT2D eigenvalue weighted by atomic mass is 9.80. The van der Waals surface area contributed by atoms with E-state index in [1.165, 1.54) is 62.6 Å². The second kappa shape index (κ2) is 33.8. The minimum Gasteiger partial charge on any atom is -0.477 e. The number of nitrogens with one attached hydrogen (secondary N) is 1. The highest BCUT2D eigenvalue weighted by Gasteiger charge is 2.51. The monoisotopic (exact) mass is 1320 g/mol. The van der Waals surface area contributed by atoms with Crippen molar-refractivity contribution in [2.24, 2.45) is 10.2 Å². The maximum absolute atomic E-state index is 13.5. The lowest BCUT2D eigenvalue weighted by molar-refractivity contribution is -0.132. The first-order valence-corrected chi connectivity index (χ1v) is 28.8. The number of benzene rings is 4. The first-order valence-electron chi connectivity index (χ1n) is 27.7. The average molecular weight is 1320 g/mol. The summed E-state index contributed by atoms with van der Waals surface area (Å²) in [5.41, 5.74) is 17.6. The summed E-state index contributed by atoms with van der Waals surface area (Å²) in [6, 6.07) is 27.6. The van der Waals surface area contributed by atoms with Crippen LogP contribution in [0.5, 0.6) is 0 Å². The third-order valence-electron chi connectivity index (χ3n) is 13.5. The normalized spacial score (nSPS) is 14.0. The van der Waals surface area contributed by atoms with E-state index in [4.69, 9.17) is 52.2 Å². The molecule has 27 heteroatoms. The van der Waals surface area contributed by atoms with Gasteiger partial charge in [0.15, 0.2) is 22.7 Å². The van der Waals surface area contributed by atoms with Crippen LogP contribution < -0.4 is 22.2 Å². The molecule has 10 rings (SSSR count). The van der Waals surface area contributed by atoms with Crippen molar-refractivity contribution in [1.82, 2.24) is 25.0 Å². The summed E-state index contributed by atoms with van der Waals surface area (Å²) in [6.07, 6.45) is 6.88. The summed E-state index contributed by atoms with van der Waals surface area (Å²) in [4.78, 5) is 69.6. The van der Waals surface area contributed by atoms with Crippen molar-refractivity contribution < 1.29 is 51.2 Å². The molecule has 3 aliphatic heterocycles. The fraction of sp³-hybridized carbons (Fsp3) is 0.246. The van der Waals surface area contributed by atoms with Crippen LogP contribution in [-0.4, -0.2) is 97.6 Å². The molecule has 4 aromatic carbocycles. The average Bonchev–Trinajstić information content (AvgIpc) is 1.69. The lowest BCUT2D eigenvalue weighted by Crippen LogP contribution is -2.41. The van der Waals surface area contributed by atoms with Gasteiger partial charge in [0, 0.05) is 69.2 Å². The maximum atomic E-state index is 13.5. The third-order valence-corrected chi connectivity index (χ3v) is 14.2. The van der Waals surface area contributed by atoms with Gasteiger partial charge < -0.3 is 31.2 Å². The number of alkyl halides is 1. The second-order valence-corrected chi connectivity index (χ2v) is 21.9. The summed E-state index contributed by atoms with van der Waals surface area (Å²) in [5, 5.41) is 21.4. The minimum absolute atomic E-state index is 0.0482. The van der Waals surface area contributed by atoms with Crippen LogP contribution in [-0.2, 0) is 46.7 Å². The lowest BCUT2D eigenvalue weighted by Gasteiger charge is -2.32. The summed E-state index contributed by atoms with van der Waals surface area (Å²) >= 11 is 3.19. The molecule has 0 atom stereocenters. The van der Waals surface area contributed by atoms with Crippen molar-refractivity contribution in [1.29, 1.82) is 0 Å². The molecule has 0 radical (unpaired) electrons. The number of amides is 3. The molecular weight excluding hydrogens is 1260 g/mol. The van der Waals surface area contributed by atoms with E-state index in [9.17, 15) is 36.7 Å². The fourth-order valence-electron chi connectivity index (χ4n) is 8.15. The van der Waals surface area contributed by atoms with Gasteiger partial charge in [-0.2, -0.15) is 10.2 Å². The van der Waals surface area contributed by atoms with E-state index in [1.54, 1.807) is 74.0 Å². The summed E-state index contributed by atoms with van der Waals surface area (Å²) in [6.45, 7) is 37.0. The van der Waals surface area contributed by atoms with Crippen LogP contribution in [0.3, 0.4) is 0 Å². The Morgan fingerprint density at radius 2 is 1.00 bits per heavy atom. The van der Waals surface area contributed by atoms with Gasteiger partial charge in [-0.05, 0) is 131 Å². The van der Waals surface area contributed by atoms with Crippen LogP contribution >= 0.6 is 15.9 Å². The van der Waals surface area contributed by atoms with Gasteiger partial charge in [0.1, 0.15) is 52.1 Å². The van der Waals surface area contributed by atoms with Gasteiger partial charge in [0.25, 0.3) is 5.91 Å². The first kappa shape index (κ1) is 72.0. The van der Waals surface area contributed by atoms with Gasteiger partial charge in [0.2, 0.25) is 11.8 Å². The predicted octanol–water partition coefficient (Wildman–Crippen LogP) is 12.5. The number of pyridine rings is 3. The Hall–Kier alpha value is -10.7.